The molecule has 0 aromatic heterocycles. The number of rotatable bonds is 7. The Bertz CT molecular complexity index is 1570. The van der Waals surface area contributed by atoms with Gasteiger partial charge in [0.2, 0.25) is 5.91 Å². The molecule has 2 aliphatic rings. The number of nitrogens with zero attached hydrogens (tertiary/aromatic N) is 2. The lowest BCUT2D eigenvalue weighted by Gasteiger charge is -2.40. The number of carbonyl (C=O) groups excluding carboxylic acids is 1. The monoisotopic (exact) mass is 625 g/mol. The molecule has 224 valence electrons. The predicted molar refractivity (Wildman–Crippen MR) is 163 cm³/mol. The van der Waals surface area contributed by atoms with E-state index in [0.717, 1.165) is 38.2 Å². The van der Waals surface area contributed by atoms with Crippen LogP contribution in [-0.4, -0.2) is 29.1 Å². The second-order valence-electron chi connectivity index (χ2n) is 11.8. The van der Waals surface area contributed by atoms with Gasteiger partial charge < -0.3 is 15.3 Å². The minimum absolute atomic E-state index is 0.0351. The molecule has 4 atom stereocenters. The topological polar surface area (TPSA) is 93.4 Å². The Morgan fingerprint density at radius 3 is 2.40 bits per heavy atom. The van der Waals surface area contributed by atoms with E-state index >= 15 is 8.78 Å². The SMILES string of the molecule is CC1(C[C@H]2[C@H](C#N)[C@@H](c3cccc(Cl)c3F)[C@H](C(=O)Nc3ccc(C(=O)O)cc3)N2c2ccc(Cl)cc2F)CCCCC1. The van der Waals surface area contributed by atoms with E-state index in [4.69, 9.17) is 23.2 Å². The van der Waals surface area contributed by atoms with Gasteiger partial charge in [0.1, 0.15) is 17.7 Å². The number of hydrogen-bond donors (Lipinski definition) is 2. The van der Waals surface area contributed by atoms with Gasteiger partial charge in [-0.05, 0) is 78.8 Å². The van der Waals surface area contributed by atoms with Crippen molar-refractivity contribution in [3.05, 3.63) is 93.5 Å². The molecule has 1 aliphatic heterocycles. The Morgan fingerprint density at radius 1 is 1.07 bits per heavy atom. The van der Waals surface area contributed by atoms with Crippen LogP contribution >= 0.6 is 23.2 Å². The van der Waals surface area contributed by atoms with Crippen molar-refractivity contribution in [3.63, 3.8) is 0 Å². The molecule has 3 aromatic rings. The van der Waals surface area contributed by atoms with E-state index in [1.165, 1.54) is 48.5 Å². The summed E-state index contributed by atoms with van der Waals surface area (Å²) < 4.78 is 31.5. The number of nitriles is 1. The average molecular weight is 627 g/mol. The Labute approximate surface area is 259 Å². The van der Waals surface area contributed by atoms with Gasteiger partial charge in [-0.1, -0.05) is 61.5 Å². The summed E-state index contributed by atoms with van der Waals surface area (Å²) in [5.41, 5.74) is 0.340. The number of halogens is 4. The standard InChI is InChI=1S/C33H31Cl2F2N3O3/c1-33(14-3-2-4-15-33)17-27-23(18-38)28(22-6-5-7-24(35)29(22)37)30(40(27)26-13-10-20(34)16-25(26)36)31(41)39-21-11-8-19(9-12-21)32(42)43/h5-13,16,23,27-28,30H,2-4,14-15,17H2,1H3,(H,39,41)(H,42,43)/t23-,27-,28+,30+/m0/s1. The van der Waals surface area contributed by atoms with E-state index in [1.54, 1.807) is 11.0 Å². The molecule has 6 nitrogen and oxygen atoms in total. The van der Waals surface area contributed by atoms with Crippen molar-refractivity contribution in [2.24, 2.45) is 11.3 Å². The number of hydrogen-bond acceptors (Lipinski definition) is 4. The van der Waals surface area contributed by atoms with Crippen LogP contribution in [0.25, 0.3) is 0 Å². The van der Waals surface area contributed by atoms with E-state index in [0.29, 0.717) is 12.1 Å². The molecule has 1 amide bonds. The first kappa shape index (κ1) is 30.8. The van der Waals surface area contributed by atoms with Gasteiger partial charge in [0, 0.05) is 22.7 Å². The predicted octanol–water partition coefficient (Wildman–Crippen LogP) is 8.45. The maximum absolute atomic E-state index is 15.7. The Hall–Kier alpha value is -3.67. The summed E-state index contributed by atoms with van der Waals surface area (Å²) in [4.78, 5) is 27.2. The molecule has 1 saturated carbocycles. The summed E-state index contributed by atoms with van der Waals surface area (Å²) in [5.74, 6) is -5.03. The van der Waals surface area contributed by atoms with Crippen LogP contribution in [0, 0.1) is 34.3 Å². The molecule has 0 radical (unpaired) electrons. The molecule has 3 aromatic carbocycles. The fraction of sp³-hybridized carbons (Fsp3) is 0.364. The number of nitrogens with one attached hydrogen (secondary N) is 1. The molecule has 2 fully saturated rings. The zero-order valence-electron chi connectivity index (χ0n) is 23.5. The van der Waals surface area contributed by atoms with Crippen LogP contribution in [0.5, 0.6) is 0 Å². The molecule has 0 bridgehead atoms. The highest BCUT2D eigenvalue weighted by atomic mass is 35.5. The van der Waals surface area contributed by atoms with Crippen molar-refractivity contribution in [1.82, 2.24) is 0 Å². The maximum Gasteiger partial charge on any atom is 0.335 e. The third-order valence-corrected chi connectivity index (χ3v) is 9.43. The number of carboxylic acid groups (broad SMARTS) is 1. The number of benzene rings is 3. The first-order valence-corrected chi connectivity index (χ1v) is 15.0. The second kappa shape index (κ2) is 12.5. The fourth-order valence-electron chi connectivity index (χ4n) is 6.86. The molecule has 0 spiro atoms. The summed E-state index contributed by atoms with van der Waals surface area (Å²) >= 11 is 12.3. The Morgan fingerprint density at radius 2 is 1.77 bits per heavy atom. The van der Waals surface area contributed by atoms with Gasteiger partial charge in [0.15, 0.2) is 0 Å². The quantitative estimate of drug-likeness (QED) is 0.275. The molecule has 2 N–H and O–H groups in total. The number of anilines is 2. The van der Waals surface area contributed by atoms with E-state index in [-0.39, 0.29) is 32.3 Å². The van der Waals surface area contributed by atoms with Gasteiger partial charge in [-0.15, -0.1) is 0 Å². The smallest absolute Gasteiger partial charge is 0.335 e. The zero-order chi connectivity index (χ0) is 30.9. The average Bonchev–Trinajstić information content (AvgIpc) is 3.28. The van der Waals surface area contributed by atoms with Gasteiger partial charge in [0.25, 0.3) is 0 Å². The van der Waals surface area contributed by atoms with Crippen molar-refractivity contribution in [2.75, 3.05) is 10.2 Å². The third kappa shape index (κ3) is 6.20. The maximum atomic E-state index is 15.7. The highest BCUT2D eigenvalue weighted by Gasteiger charge is 2.55. The lowest BCUT2D eigenvalue weighted by Crippen LogP contribution is -2.47. The van der Waals surface area contributed by atoms with Gasteiger partial charge in [-0.2, -0.15) is 5.26 Å². The van der Waals surface area contributed by atoms with Gasteiger partial charge in [-0.25, -0.2) is 13.6 Å². The molecular formula is C33H31Cl2F2N3O3. The molecule has 1 saturated heterocycles. The van der Waals surface area contributed by atoms with Crippen LogP contribution in [0.15, 0.2) is 60.7 Å². The number of aromatic carboxylic acids is 1. The molecular weight excluding hydrogens is 595 g/mol. The largest absolute Gasteiger partial charge is 0.478 e. The third-order valence-electron chi connectivity index (χ3n) is 8.91. The molecule has 5 rings (SSSR count). The number of carboxylic acids is 1. The van der Waals surface area contributed by atoms with Gasteiger partial charge in [-0.3, -0.25) is 4.79 Å². The summed E-state index contributed by atoms with van der Waals surface area (Å²) in [5, 5.41) is 22.8. The normalized spacial score (nSPS) is 23.0. The summed E-state index contributed by atoms with van der Waals surface area (Å²) in [7, 11) is 0. The summed E-state index contributed by atoms with van der Waals surface area (Å²) in [6.07, 6.45) is 5.49. The van der Waals surface area contributed by atoms with Gasteiger partial charge >= 0.3 is 5.97 Å². The first-order chi connectivity index (χ1) is 20.5. The van der Waals surface area contributed by atoms with Crippen LogP contribution in [0.3, 0.4) is 0 Å². The summed E-state index contributed by atoms with van der Waals surface area (Å²) in [6.45, 7) is 2.16. The van der Waals surface area contributed by atoms with Gasteiger partial charge in [0.05, 0.1) is 28.3 Å². The summed E-state index contributed by atoms with van der Waals surface area (Å²) in [6, 6.07) is 14.7. The minimum atomic E-state index is -1.22. The highest BCUT2D eigenvalue weighted by molar-refractivity contribution is 6.31. The van der Waals surface area contributed by atoms with Crippen LogP contribution < -0.4 is 10.2 Å². The number of carbonyl (C=O) groups is 2. The van der Waals surface area contributed by atoms with Crippen molar-refractivity contribution >= 4 is 46.5 Å². The Balaban J connectivity index is 1.67. The van der Waals surface area contributed by atoms with Crippen LogP contribution in [0.4, 0.5) is 20.2 Å². The zero-order valence-corrected chi connectivity index (χ0v) is 25.0. The van der Waals surface area contributed by atoms with Crippen LogP contribution in [0.1, 0.15) is 67.3 Å². The molecule has 1 aliphatic carbocycles. The van der Waals surface area contributed by atoms with Crippen molar-refractivity contribution in [1.29, 1.82) is 5.26 Å². The minimum Gasteiger partial charge on any atom is -0.478 e. The van der Waals surface area contributed by atoms with E-state index < -0.39 is 47.4 Å². The molecule has 43 heavy (non-hydrogen) atoms. The molecule has 10 heteroatoms. The van der Waals surface area contributed by atoms with Crippen LogP contribution in [0.2, 0.25) is 10.0 Å². The van der Waals surface area contributed by atoms with Crippen molar-refractivity contribution in [3.8, 4) is 6.07 Å². The van der Waals surface area contributed by atoms with Crippen LogP contribution in [-0.2, 0) is 4.79 Å². The highest BCUT2D eigenvalue weighted by Crippen LogP contribution is 2.52. The fourth-order valence-corrected chi connectivity index (χ4v) is 7.20. The second-order valence-corrected chi connectivity index (χ2v) is 12.6. The first-order valence-electron chi connectivity index (χ1n) is 14.2. The Kier molecular flexibility index (Phi) is 8.96. The lowest BCUT2D eigenvalue weighted by molar-refractivity contribution is -0.117. The molecule has 1 heterocycles. The molecule has 0 unspecified atom stereocenters. The lowest BCUT2D eigenvalue weighted by atomic mass is 9.69. The van der Waals surface area contributed by atoms with Crippen molar-refractivity contribution < 1.29 is 23.5 Å². The number of amides is 1. The van der Waals surface area contributed by atoms with E-state index in [1.807, 2.05) is 0 Å². The van der Waals surface area contributed by atoms with Crippen molar-refractivity contribution in [2.45, 2.75) is 63.5 Å². The van der Waals surface area contributed by atoms with E-state index in [2.05, 4.69) is 18.3 Å². The van der Waals surface area contributed by atoms with E-state index in [9.17, 15) is 20.0 Å².